The number of anilines is 1. The van der Waals surface area contributed by atoms with E-state index in [0.29, 0.717) is 29.7 Å². The van der Waals surface area contributed by atoms with Crippen LogP contribution in [0, 0.1) is 20.8 Å². The number of sulfonamides is 1. The van der Waals surface area contributed by atoms with Crippen LogP contribution in [-0.2, 0) is 10.0 Å². The van der Waals surface area contributed by atoms with Crippen molar-refractivity contribution in [3.05, 3.63) is 83.7 Å². The third kappa shape index (κ3) is 5.41. The smallest absolute Gasteiger partial charge is 0.240 e. The molecule has 10 heteroatoms. The summed E-state index contributed by atoms with van der Waals surface area (Å²) in [5, 5.41) is 15.9. The van der Waals surface area contributed by atoms with Crippen LogP contribution in [0.15, 0.2) is 71.6 Å². The lowest BCUT2D eigenvalue weighted by Crippen LogP contribution is -2.29. The fourth-order valence-electron chi connectivity index (χ4n) is 3.25. The van der Waals surface area contributed by atoms with E-state index in [1.54, 1.807) is 22.9 Å². The molecule has 34 heavy (non-hydrogen) atoms. The quantitative estimate of drug-likeness (QED) is 0.352. The van der Waals surface area contributed by atoms with Gasteiger partial charge in [-0.25, -0.2) is 17.8 Å². The van der Waals surface area contributed by atoms with Crippen molar-refractivity contribution in [2.24, 2.45) is 0 Å². The number of hydrogen-bond donors (Lipinski definition) is 2. The number of nitrogens with one attached hydrogen (secondary N) is 2. The van der Waals surface area contributed by atoms with Crippen LogP contribution in [0.5, 0.6) is 11.5 Å². The molecule has 0 saturated heterocycles. The molecule has 0 aliphatic heterocycles. The minimum atomic E-state index is -3.65. The molecule has 0 unspecified atom stereocenters. The van der Waals surface area contributed by atoms with Crippen molar-refractivity contribution in [3.63, 3.8) is 0 Å². The van der Waals surface area contributed by atoms with E-state index in [4.69, 9.17) is 4.74 Å². The lowest BCUT2D eigenvalue weighted by atomic mass is 10.2. The molecule has 9 nitrogen and oxygen atoms in total. The number of aryl methyl sites for hydroxylation is 1. The van der Waals surface area contributed by atoms with Gasteiger partial charge in [0.1, 0.15) is 17.3 Å². The van der Waals surface area contributed by atoms with Gasteiger partial charge < -0.3 is 10.1 Å². The Labute approximate surface area is 198 Å². The Kier molecular flexibility index (Phi) is 6.90. The highest BCUT2D eigenvalue weighted by Gasteiger charge is 2.14. The lowest BCUT2D eigenvalue weighted by Gasteiger charge is -2.10. The van der Waals surface area contributed by atoms with Gasteiger partial charge in [-0.15, -0.1) is 10.2 Å². The molecule has 2 aromatic heterocycles. The summed E-state index contributed by atoms with van der Waals surface area (Å²) in [6.45, 7) is 6.49. The van der Waals surface area contributed by atoms with E-state index in [1.165, 1.54) is 12.1 Å². The molecule has 4 rings (SSSR count). The summed E-state index contributed by atoms with van der Waals surface area (Å²) in [5.41, 5.74) is 3.09. The minimum absolute atomic E-state index is 0.164. The van der Waals surface area contributed by atoms with Gasteiger partial charge in [0, 0.05) is 18.8 Å². The van der Waals surface area contributed by atoms with Gasteiger partial charge in [0.15, 0.2) is 5.82 Å². The van der Waals surface area contributed by atoms with Crippen LogP contribution in [0.1, 0.15) is 17.0 Å². The highest BCUT2D eigenvalue weighted by molar-refractivity contribution is 7.89. The number of aromatic nitrogens is 4. The Bertz CT molecular complexity index is 1350. The first-order valence-electron chi connectivity index (χ1n) is 10.8. The average Bonchev–Trinajstić information content (AvgIpc) is 3.10. The van der Waals surface area contributed by atoms with Crippen LogP contribution in [0.25, 0.3) is 5.82 Å². The highest BCUT2D eigenvalue weighted by atomic mass is 32.2. The van der Waals surface area contributed by atoms with Crippen LogP contribution in [-0.4, -0.2) is 41.5 Å². The van der Waals surface area contributed by atoms with Gasteiger partial charge in [0.05, 0.1) is 10.6 Å². The second kappa shape index (κ2) is 10.0. The molecule has 4 aromatic rings. The lowest BCUT2D eigenvalue weighted by molar-refractivity contribution is 0.482. The molecule has 0 bridgehead atoms. The van der Waals surface area contributed by atoms with Crippen LogP contribution in [0.4, 0.5) is 5.82 Å². The summed E-state index contributed by atoms with van der Waals surface area (Å²) in [6.07, 6.45) is 0. The Hall–Kier alpha value is -3.76. The van der Waals surface area contributed by atoms with Crippen LogP contribution in [0.2, 0.25) is 0 Å². The number of ether oxygens (including phenoxy) is 1. The van der Waals surface area contributed by atoms with Crippen molar-refractivity contribution in [1.82, 2.24) is 24.7 Å². The Morgan fingerprint density at radius 2 is 1.56 bits per heavy atom. The Balaban J connectivity index is 1.28. The van der Waals surface area contributed by atoms with Crippen molar-refractivity contribution in [2.75, 3.05) is 18.4 Å². The van der Waals surface area contributed by atoms with E-state index in [2.05, 4.69) is 25.3 Å². The predicted octanol–water partition coefficient (Wildman–Crippen LogP) is 3.77. The number of nitrogens with zero attached hydrogens (tertiary/aromatic N) is 4. The molecule has 0 aliphatic carbocycles. The zero-order valence-corrected chi connectivity index (χ0v) is 20.0. The molecular formula is C24H26N6O3S. The SMILES string of the molecule is Cc1nn(-c2ccc(NCCNS(=O)(=O)c3ccc(Oc4ccccc4)cc3)nn2)c(C)c1C. The number of para-hydroxylation sites is 1. The van der Waals surface area contributed by atoms with Gasteiger partial charge in [-0.3, -0.25) is 0 Å². The van der Waals surface area contributed by atoms with Crippen molar-refractivity contribution in [2.45, 2.75) is 25.7 Å². The van der Waals surface area contributed by atoms with Crippen LogP contribution < -0.4 is 14.8 Å². The van der Waals surface area contributed by atoms with Crippen LogP contribution >= 0.6 is 0 Å². The third-order valence-corrected chi connectivity index (χ3v) is 6.83. The van der Waals surface area contributed by atoms with E-state index in [1.807, 2.05) is 57.2 Å². The van der Waals surface area contributed by atoms with Crippen molar-refractivity contribution in [1.29, 1.82) is 0 Å². The summed E-state index contributed by atoms with van der Waals surface area (Å²) in [6, 6.07) is 19.2. The molecule has 0 fully saturated rings. The maximum atomic E-state index is 12.6. The first-order valence-corrected chi connectivity index (χ1v) is 12.3. The second-order valence-electron chi connectivity index (χ2n) is 7.70. The molecular weight excluding hydrogens is 452 g/mol. The fourth-order valence-corrected chi connectivity index (χ4v) is 4.28. The molecule has 2 N–H and O–H groups in total. The second-order valence-corrected chi connectivity index (χ2v) is 9.46. The molecule has 2 heterocycles. The number of hydrogen-bond acceptors (Lipinski definition) is 7. The molecule has 0 radical (unpaired) electrons. The van der Waals surface area contributed by atoms with Gasteiger partial charge in [0.2, 0.25) is 10.0 Å². The molecule has 176 valence electrons. The van der Waals surface area contributed by atoms with Crippen molar-refractivity contribution < 1.29 is 13.2 Å². The third-order valence-electron chi connectivity index (χ3n) is 5.36. The van der Waals surface area contributed by atoms with E-state index in [9.17, 15) is 8.42 Å². The minimum Gasteiger partial charge on any atom is -0.457 e. The molecule has 0 aliphatic rings. The van der Waals surface area contributed by atoms with Crippen molar-refractivity contribution in [3.8, 4) is 17.3 Å². The highest BCUT2D eigenvalue weighted by Crippen LogP contribution is 2.22. The van der Waals surface area contributed by atoms with Gasteiger partial charge in [0.25, 0.3) is 0 Å². The topological polar surface area (TPSA) is 111 Å². The Morgan fingerprint density at radius 3 is 2.18 bits per heavy atom. The first kappa shape index (κ1) is 23.4. The zero-order chi connectivity index (χ0) is 24.1. The monoisotopic (exact) mass is 478 g/mol. The number of benzene rings is 2. The van der Waals surface area contributed by atoms with E-state index in [0.717, 1.165) is 17.0 Å². The summed E-state index contributed by atoms with van der Waals surface area (Å²) in [5.74, 6) is 2.41. The largest absolute Gasteiger partial charge is 0.457 e. The fraction of sp³-hybridized carbons (Fsp3) is 0.208. The maximum Gasteiger partial charge on any atom is 0.240 e. The Morgan fingerprint density at radius 1 is 0.853 bits per heavy atom. The summed E-state index contributed by atoms with van der Waals surface area (Å²) >= 11 is 0. The molecule has 0 saturated carbocycles. The summed E-state index contributed by atoms with van der Waals surface area (Å²) in [7, 11) is -3.65. The van der Waals surface area contributed by atoms with E-state index >= 15 is 0 Å². The van der Waals surface area contributed by atoms with Gasteiger partial charge >= 0.3 is 0 Å². The maximum absolute atomic E-state index is 12.6. The summed E-state index contributed by atoms with van der Waals surface area (Å²) < 4.78 is 35.1. The standard InChI is InChI=1S/C24H26N6O3S/c1-17-18(2)29-30(19(17)3)24-14-13-23(27-28-24)25-15-16-26-34(31,32)22-11-9-21(10-12-22)33-20-7-5-4-6-8-20/h4-14,26H,15-16H2,1-3H3,(H,25,27). The van der Waals surface area contributed by atoms with E-state index < -0.39 is 10.0 Å². The van der Waals surface area contributed by atoms with E-state index in [-0.39, 0.29) is 11.4 Å². The molecule has 0 atom stereocenters. The number of rotatable bonds is 9. The van der Waals surface area contributed by atoms with Crippen molar-refractivity contribution >= 4 is 15.8 Å². The van der Waals surface area contributed by atoms with Gasteiger partial charge in [-0.2, -0.15) is 5.10 Å². The van der Waals surface area contributed by atoms with Gasteiger partial charge in [-0.1, -0.05) is 18.2 Å². The van der Waals surface area contributed by atoms with Gasteiger partial charge in [-0.05, 0) is 74.9 Å². The van der Waals surface area contributed by atoms with Crippen LogP contribution in [0.3, 0.4) is 0 Å². The zero-order valence-electron chi connectivity index (χ0n) is 19.2. The summed E-state index contributed by atoms with van der Waals surface area (Å²) in [4.78, 5) is 0.164. The molecule has 0 amide bonds. The molecule has 2 aromatic carbocycles. The average molecular weight is 479 g/mol. The normalized spacial score (nSPS) is 11.4. The first-order chi connectivity index (χ1) is 16.3. The molecule has 0 spiro atoms. The predicted molar refractivity (Wildman–Crippen MR) is 130 cm³/mol.